The maximum Gasteiger partial charge on any atom is 0.172 e. The summed E-state index contributed by atoms with van der Waals surface area (Å²) in [5.74, 6) is 2.00. The Morgan fingerprint density at radius 3 is 2.11 bits per heavy atom. The molecule has 6 nitrogen and oxygen atoms in total. The smallest absolute Gasteiger partial charge is 0.172 e. The lowest BCUT2D eigenvalue weighted by molar-refractivity contribution is -0.148. The maximum atomic E-state index is 6.62. The van der Waals surface area contributed by atoms with Crippen LogP contribution in [0, 0.1) is 0 Å². The van der Waals surface area contributed by atoms with Crippen molar-refractivity contribution >= 4 is 22.7 Å². The van der Waals surface area contributed by atoms with Gasteiger partial charge in [-0.15, -0.1) is 0 Å². The van der Waals surface area contributed by atoms with Crippen LogP contribution in [0.1, 0.15) is 39.5 Å². The second-order valence-electron chi connectivity index (χ2n) is 9.07. The van der Waals surface area contributed by atoms with Gasteiger partial charge in [-0.2, -0.15) is 0 Å². The summed E-state index contributed by atoms with van der Waals surface area (Å²) in [5.41, 5.74) is 1.67. The molecule has 150 valence electrons. The van der Waals surface area contributed by atoms with Crippen molar-refractivity contribution in [3.05, 3.63) is 24.3 Å². The fourth-order valence-corrected chi connectivity index (χ4v) is 5.12. The van der Waals surface area contributed by atoms with Gasteiger partial charge in [0.15, 0.2) is 11.6 Å². The Hall–Kier alpha value is -1.92. The van der Waals surface area contributed by atoms with E-state index in [1.165, 1.54) is 12.8 Å². The molecular formula is C22H30N4O2. The molecule has 0 unspecified atom stereocenters. The van der Waals surface area contributed by atoms with Crippen LogP contribution in [-0.2, 0) is 9.47 Å². The summed E-state index contributed by atoms with van der Waals surface area (Å²) in [7, 11) is 0. The van der Waals surface area contributed by atoms with E-state index in [1.807, 2.05) is 12.1 Å². The first kappa shape index (κ1) is 18.1. The van der Waals surface area contributed by atoms with Crippen molar-refractivity contribution in [2.45, 2.75) is 50.7 Å². The maximum absolute atomic E-state index is 6.62. The molecule has 3 aliphatic rings. The molecule has 1 aliphatic carbocycles. The fraction of sp³-hybridized carbons (Fsp3) is 0.636. The van der Waals surface area contributed by atoms with Crippen LogP contribution in [0.3, 0.4) is 0 Å². The second kappa shape index (κ2) is 6.85. The molecule has 2 aliphatic heterocycles. The van der Waals surface area contributed by atoms with Gasteiger partial charge in [0, 0.05) is 26.2 Å². The Kier molecular flexibility index (Phi) is 4.43. The number of nitrogens with zero attached hydrogens (tertiary/aromatic N) is 4. The third kappa shape index (κ3) is 3.33. The molecule has 6 heteroatoms. The lowest BCUT2D eigenvalue weighted by atomic mass is 9.94. The molecule has 0 N–H and O–H groups in total. The van der Waals surface area contributed by atoms with Crippen LogP contribution >= 0.6 is 0 Å². The van der Waals surface area contributed by atoms with Crippen molar-refractivity contribution < 1.29 is 9.47 Å². The molecule has 0 radical (unpaired) electrons. The highest BCUT2D eigenvalue weighted by Gasteiger charge is 2.47. The minimum Gasteiger partial charge on any atom is -0.378 e. The predicted octanol–water partition coefficient (Wildman–Crippen LogP) is 3.39. The van der Waals surface area contributed by atoms with Crippen LogP contribution in [0.15, 0.2) is 24.3 Å². The number of fused-ring (bicyclic) bond motifs is 1. The number of benzene rings is 1. The molecule has 28 heavy (non-hydrogen) atoms. The van der Waals surface area contributed by atoms with Crippen LogP contribution in [0.25, 0.3) is 11.0 Å². The normalized spacial score (nSPS) is 24.2. The molecule has 1 spiro atoms. The number of ether oxygens (including phenoxy) is 2. The third-order valence-corrected chi connectivity index (χ3v) is 6.20. The van der Waals surface area contributed by atoms with E-state index in [-0.39, 0.29) is 11.2 Å². The van der Waals surface area contributed by atoms with Gasteiger partial charge in [0.25, 0.3) is 0 Å². The number of hydrogen-bond acceptors (Lipinski definition) is 6. The average Bonchev–Trinajstić information content (AvgIpc) is 3.13. The summed E-state index contributed by atoms with van der Waals surface area (Å²) < 4.78 is 12.2. The van der Waals surface area contributed by atoms with Crippen molar-refractivity contribution in [3.8, 4) is 0 Å². The minimum atomic E-state index is -0.196. The number of rotatable bonds is 2. The molecule has 2 aromatic rings. The van der Waals surface area contributed by atoms with E-state index in [0.717, 1.165) is 74.9 Å². The van der Waals surface area contributed by atoms with E-state index in [2.05, 4.69) is 35.8 Å². The number of morpholine rings is 2. The molecule has 1 aromatic heterocycles. The van der Waals surface area contributed by atoms with Crippen LogP contribution < -0.4 is 9.80 Å². The average molecular weight is 383 g/mol. The molecule has 3 heterocycles. The van der Waals surface area contributed by atoms with Gasteiger partial charge in [0.2, 0.25) is 0 Å². The molecule has 1 aromatic carbocycles. The number of anilines is 2. The van der Waals surface area contributed by atoms with Gasteiger partial charge in [0.1, 0.15) is 0 Å². The van der Waals surface area contributed by atoms with Crippen LogP contribution in [0.5, 0.6) is 0 Å². The summed E-state index contributed by atoms with van der Waals surface area (Å²) in [6.45, 7) is 9.36. The summed E-state index contributed by atoms with van der Waals surface area (Å²) in [6.07, 6.45) is 4.79. The number of para-hydroxylation sites is 2. The van der Waals surface area contributed by atoms with E-state index >= 15 is 0 Å². The summed E-state index contributed by atoms with van der Waals surface area (Å²) in [4.78, 5) is 15.0. The van der Waals surface area contributed by atoms with Crippen LogP contribution in [0.2, 0.25) is 0 Å². The van der Waals surface area contributed by atoms with Crippen LogP contribution in [-0.4, -0.2) is 60.6 Å². The molecule has 0 amide bonds. The Bertz CT molecular complexity index is 857. The minimum absolute atomic E-state index is 0.0443. The highest BCUT2D eigenvalue weighted by Crippen LogP contribution is 2.43. The fourth-order valence-electron chi connectivity index (χ4n) is 5.12. The molecule has 5 rings (SSSR count). The first-order valence-electron chi connectivity index (χ1n) is 10.6. The van der Waals surface area contributed by atoms with Gasteiger partial charge in [-0.3, -0.25) is 0 Å². The van der Waals surface area contributed by atoms with Gasteiger partial charge in [-0.1, -0.05) is 25.0 Å². The largest absolute Gasteiger partial charge is 0.378 e. The molecule has 3 fully saturated rings. The molecule has 0 atom stereocenters. The van der Waals surface area contributed by atoms with Gasteiger partial charge in [-0.25, -0.2) is 9.97 Å². The highest BCUT2D eigenvalue weighted by molar-refractivity contribution is 5.81. The molecule has 2 saturated heterocycles. The molecule has 1 saturated carbocycles. The zero-order valence-electron chi connectivity index (χ0n) is 17.0. The zero-order valence-corrected chi connectivity index (χ0v) is 17.0. The van der Waals surface area contributed by atoms with E-state index in [0.29, 0.717) is 0 Å². The molecular weight excluding hydrogens is 352 g/mol. The van der Waals surface area contributed by atoms with E-state index in [9.17, 15) is 0 Å². The third-order valence-electron chi connectivity index (χ3n) is 6.20. The van der Waals surface area contributed by atoms with Gasteiger partial charge < -0.3 is 19.3 Å². The summed E-state index contributed by atoms with van der Waals surface area (Å²) in [5, 5.41) is 0. The van der Waals surface area contributed by atoms with E-state index < -0.39 is 0 Å². The number of aromatic nitrogens is 2. The lowest BCUT2D eigenvalue weighted by Crippen LogP contribution is -2.59. The summed E-state index contributed by atoms with van der Waals surface area (Å²) in [6, 6.07) is 8.19. The van der Waals surface area contributed by atoms with Crippen molar-refractivity contribution in [3.63, 3.8) is 0 Å². The Labute approximate surface area is 166 Å². The SMILES string of the molecule is CC1(C)CN(c2nc3ccccc3nc2N2CCOCC2)CC2(CCCC2)O1. The second-order valence-corrected chi connectivity index (χ2v) is 9.07. The lowest BCUT2D eigenvalue weighted by Gasteiger charge is -2.49. The monoisotopic (exact) mass is 382 g/mol. The van der Waals surface area contributed by atoms with E-state index in [4.69, 9.17) is 19.4 Å². The van der Waals surface area contributed by atoms with Gasteiger partial charge in [-0.05, 0) is 38.8 Å². The first-order chi connectivity index (χ1) is 13.5. The summed E-state index contributed by atoms with van der Waals surface area (Å²) >= 11 is 0. The molecule has 0 bridgehead atoms. The van der Waals surface area contributed by atoms with Crippen molar-refractivity contribution in [1.82, 2.24) is 9.97 Å². The Balaban J connectivity index is 1.59. The first-order valence-corrected chi connectivity index (χ1v) is 10.6. The van der Waals surface area contributed by atoms with Gasteiger partial charge in [0.05, 0.1) is 35.4 Å². The van der Waals surface area contributed by atoms with Gasteiger partial charge >= 0.3 is 0 Å². The predicted molar refractivity (Wildman–Crippen MR) is 111 cm³/mol. The number of hydrogen-bond donors (Lipinski definition) is 0. The van der Waals surface area contributed by atoms with Crippen LogP contribution in [0.4, 0.5) is 11.6 Å². The van der Waals surface area contributed by atoms with E-state index in [1.54, 1.807) is 0 Å². The van der Waals surface area contributed by atoms with Crippen molar-refractivity contribution in [1.29, 1.82) is 0 Å². The van der Waals surface area contributed by atoms with Crippen molar-refractivity contribution in [2.75, 3.05) is 49.2 Å². The Morgan fingerprint density at radius 1 is 0.857 bits per heavy atom. The standard InChI is InChI=1S/C22H30N4O2/c1-21(2)15-26(16-22(28-21)9-5-6-10-22)20-19(25-11-13-27-14-12-25)23-17-7-3-4-8-18(17)24-20/h3-4,7-8H,5-6,9-16H2,1-2H3. The Morgan fingerprint density at radius 2 is 1.46 bits per heavy atom. The zero-order chi connectivity index (χ0) is 19.2. The highest BCUT2D eigenvalue weighted by atomic mass is 16.5. The topological polar surface area (TPSA) is 50.7 Å². The quantitative estimate of drug-likeness (QED) is 0.794. The van der Waals surface area contributed by atoms with Crippen molar-refractivity contribution in [2.24, 2.45) is 0 Å².